The van der Waals surface area contributed by atoms with Gasteiger partial charge in [0.25, 0.3) is 0 Å². The van der Waals surface area contributed by atoms with Crippen LogP contribution in [0.1, 0.15) is 36.7 Å². The molecule has 0 fully saturated rings. The lowest BCUT2D eigenvalue weighted by Gasteiger charge is -2.23. The molecule has 2 heterocycles. The number of carbonyl (C=O) groups is 3. The van der Waals surface area contributed by atoms with E-state index in [9.17, 15) is 19.2 Å². The highest BCUT2D eigenvalue weighted by atomic mass is 16.6. The van der Waals surface area contributed by atoms with Crippen molar-refractivity contribution >= 4 is 39.9 Å². The molecule has 0 spiro atoms. The molecule has 0 aliphatic rings. The van der Waals surface area contributed by atoms with Crippen LogP contribution in [0.15, 0.2) is 88.4 Å². The molecule has 0 bridgehead atoms. The van der Waals surface area contributed by atoms with E-state index in [1.807, 2.05) is 24.3 Å². The first kappa shape index (κ1) is 29.9. The van der Waals surface area contributed by atoms with Gasteiger partial charge >= 0.3 is 18.0 Å². The van der Waals surface area contributed by atoms with Gasteiger partial charge in [0.2, 0.25) is 11.2 Å². The van der Waals surface area contributed by atoms with E-state index < -0.39 is 35.1 Å². The third kappa shape index (κ3) is 6.89. The molecule has 3 aromatic carbocycles. The zero-order chi connectivity index (χ0) is 31.4. The summed E-state index contributed by atoms with van der Waals surface area (Å²) in [6, 6.07) is 16.9. The summed E-state index contributed by atoms with van der Waals surface area (Å²) in [6.45, 7) is 5.17. The van der Waals surface area contributed by atoms with E-state index in [-0.39, 0.29) is 28.9 Å². The number of aromatic nitrogens is 1. The molecule has 1 atom stereocenters. The SMILES string of the molecule is COC(=O)c1ccc(Oc2coc3cc(OC(=O)C(Cc4c[nH]c5ccccc45)NC(=O)OC(C)(C)C)ccc3c2=O)cc1. The van der Waals surface area contributed by atoms with E-state index in [1.165, 1.54) is 49.6 Å². The smallest absolute Gasteiger partial charge is 0.408 e. The van der Waals surface area contributed by atoms with E-state index in [0.717, 1.165) is 22.7 Å². The largest absolute Gasteiger partial charge is 0.465 e. The van der Waals surface area contributed by atoms with Crippen LogP contribution in [0.3, 0.4) is 0 Å². The summed E-state index contributed by atoms with van der Waals surface area (Å²) >= 11 is 0. The normalized spacial score (nSPS) is 12.0. The first-order chi connectivity index (χ1) is 21.0. The number of rotatable bonds is 8. The predicted molar refractivity (Wildman–Crippen MR) is 161 cm³/mol. The van der Waals surface area contributed by atoms with Crippen LogP contribution in [0.5, 0.6) is 17.2 Å². The van der Waals surface area contributed by atoms with E-state index in [0.29, 0.717) is 11.3 Å². The quantitative estimate of drug-likeness (QED) is 0.165. The molecule has 11 heteroatoms. The number of amides is 1. The fourth-order valence-electron chi connectivity index (χ4n) is 4.48. The van der Waals surface area contributed by atoms with Gasteiger partial charge in [-0.15, -0.1) is 0 Å². The topological polar surface area (TPSA) is 146 Å². The molecular weight excluding hydrogens is 568 g/mol. The number of aromatic amines is 1. The van der Waals surface area contributed by atoms with Crippen LogP contribution in [-0.2, 0) is 20.7 Å². The summed E-state index contributed by atoms with van der Waals surface area (Å²) in [7, 11) is 1.28. The second-order valence-corrected chi connectivity index (χ2v) is 10.9. The van der Waals surface area contributed by atoms with Crippen molar-refractivity contribution in [3.8, 4) is 17.2 Å². The lowest BCUT2D eigenvalue weighted by atomic mass is 10.1. The van der Waals surface area contributed by atoms with E-state index >= 15 is 0 Å². The number of fused-ring (bicyclic) bond motifs is 2. The maximum absolute atomic E-state index is 13.4. The molecular formula is C33H30N2O9. The summed E-state index contributed by atoms with van der Waals surface area (Å²) in [5, 5.41) is 3.72. The van der Waals surface area contributed by atoms with Gasteiger partial charge in [-0.1, -0.05) is 18.2 Å². The Kier molecular flexibility index (Phi) is 8.38. The summed E-state index contributed by atoms with van der Waals surface area (Å²) in [5.41, 5.74) is 0.947. The van der Waals surface area contributed by atoms with Gasteiger partial charge in [0, 0.05) is 29.6 Å². The van der Waals surface area contributed by atoms with Crippen LogP contribution in [0.25, 0.3) is 21.9 Å². The molecule has 1 amide bonds. The Labute approximate surface area is 251 Å². The van der Waals surface area contributed by atoms with Crippen molar-refractivity contribution < 1.29 is 37.7 Å². The Balaban J connectivity index is 1.35. The van der Waals surface area contributed by atoms with E-state index in [1.54, 1.807) is 27.0 Å². The molecule has 44 heavy (non-hydrogen) atoms. The van der Waals surface area contributed by atoms with Crippen molar-refractivity contribution in [3.63, 3.8) is 0 Å². The van der Waals surface area contributed by atoms with Gasteiger partial charge in [0.05, 0.1) is 18.1 Å². The molecule has 2 N–H and O–H groups in total. The number of ether oxygens (including phenoxy) is 4. The number of hydrogen-bond donors (Lipinski definition) is 2. The second-order valence-electron chi connectivity index (χ2n) is 10.9. The van der Waals surface area contributed by atoms with Crippen LogP contribution in [-0.4, -0.2) is 41.8 Å². The molecule has 0 saturated heterocycles. The molecule has 5 aromatic rings. The number of carbonyl (C=O) groups excluding carboxylic acids is 3. The van der Waals surface area contributed by atoms with Gasteiger partial charge in [-0.2, -0.15) is 0 Å². The van der Waals surface area contributed by atoms with Crippen molar-refractivity contribution in [2.75, 3.05) is 7.11 Å². The van der Waals surface area contributed by atoms with Gasteiger partial charge in [-0.25, -0.2) is 14.4 Å². The minimum Gasteiger partial charge on any atom is -0.465 e. The highest BCUT2D eigenvalue weighted by molar-refractivity contribution is 5.89. The van der Waals surface area contributed by atoms with Gasteiger partial charge in [0.15, 0.2) is 0 Å². The fourth-order valence-corrected chi connectivity index (χ4v) is 4.48. The van der Waals surface area contributed by atoms with Crippen molar-refractivity contribution in [1.82, 2.24) is 10.3 Å². The minimum absolute atomic E-state index is 0.0755. The molecule has 1 unspecified atom stereocenters. The minimum atomic E-state index is -1.09. The van der Waals surface area contributed by atoms with Crippen LogP contribution in [0, 0.1) is 0 Å². The van der Waals surface area contributed by atoms with Crippen molar-refractivity contribution in [1.29, 1.82) is 0 Å². The summed E-state index contributed by atoms with van der Waals surface area (Å²) < 4.78 is 27.0. The molecule has 0 radical (unpaired) electrons. The lowest BCUT2D eigenvalue weighted by Crippen LogP contribution is -2.46. The lowest BCUT2D eigenvalue weighted by molar-refractivity contribution is -0.136. The third-order valence-corrected chi connectivity index (χ3v) is 6.51. The Bertz CT molecular complexity index is 1900. The number of nitrogens with one attached hydrogen (secondary N) is 2. The monoisotopic (exact) mass is 598 g/mol. The first-order valence-electron chi connectivity index (χ1n) is 13.7. The molecule has 226 valence electrons. The number of esters is 2. The average molecular weight is 599 g/mol. The number of H-pyrrole nitrogens is 1. The standard InChI is InChI=1S/C33H30N2O9/c1-33(2,3)44-32(39)35-26(15-20-17-34-25-8-6-5-7-23(20)25)31(38)43-22-13-14-24-27(16-22)41-18-28(29(24)36)42-21-11-9-19(10-12-21)30(37)40-4/h5-14,16-18,26,34H,15H2,1-4H3,(H,35,39). The van der Waals surface area contributed by atoms with Gasteiger partial charge < -0.3 is 33.7 Å². The maximum atomic E-state index is 13.4. The summed E-state index contributed by atoms with van der Waals surface area (Å²) in [5.74, 6) is -0.893. The molecule has 0 aliphatic carbocycles. The molecule has 0 saturated carbocycles. The number of para-hydroxylation sites is 1. The van der Waals surface area contributed by atoms with E-state index in [4.69, 9.17) is 18.6 Å². The molecule has 5 rings (SSSR count). The zero-order valence-electron chi connectivity index (χ0n) is 24.5. The number of benzene rings is 3. The van der Waals surface area contributed by atoms with Crippen LogP contribution < -0.4 is 20.2 Å². The molecule has 2 aromatic heterocycles. The Morgan fingerprint density at radius 3 is 2.41 bits per heavy atom. The highest BCUT2D eigenvalue weighted by Gasteiger charge is 2.27. The highest BCUT2D eigenvalue weighted by Crippen LogP contribution is 2.25. The molecule has 0 aliphatic heterocycles. The fraction of sp³-hybridized carbons (Fsp3) is 0.212. The number of methoxy groups -OCH3 is 1. The van der Waals surface area contributed by atoms with Crippen molar-refractivity contribution in [2.45, 2.75) is 38.8 Å². The number of hydrogen-bond acceptors (Lipinski definition) is 9. The van der Waals surface area contributed by atoms with Gasteiger partial charge in [-0.05, 0) is 68.8 Å². The van der Waals surface area contributed by atoms with Gasteiger partial charge in [-0.3, -0.25) is 4.79 Å². The Morgan fingerprint density at radius 1 is 0.955 bits per heavy atom. The van der Waals surface area contributed by atoms with Crippen LogP contribution >= 0.6 is 0 Å². The maximum Gasteiger partial charge on any atom is 0.408 e. The third-order valence-electron chi connectivity index (χ3n) is 6.51. The second kappa shape index (κ2) is 12.3. The summed E-state index contributed by atoms with van der Waals surface area (Å²) in [4.78, 5) is 53.9. The Hall–Kier alpha value is -5.58. The van der Waals surface area contributed by atoms with Crippen LogP contribution in [0.4, 0.5) is 4.79 Å². The molecule has 11 nitrogen and oxygen atoms in total. The zero-order valence-corrected chi connectivity index (χ0v) is 24.5. The predicted octanol–water partition coefficient (Wildman–Crippen LogP) is 5.89. The first-order valence-corrected chi connectivity index (χ1v) is 13.7. The van der Waals surface area contributed by atoms with Crippen molar-refractivity contribution in [2.24, 2.45) is 0 Å². The summed E-state index contributed by atoms with van der Waals surface area (Å²) in [6.07, 6.45) is 2.29. The van der Waals surface area contributed by atoms with Gasteiger partial charge in [0.1, 0.15) is 35.0 Å². The van der Waals surface area contributed by atoms with E-state index in [2.05, 4.69) is 15.0 Å². The number of alkyl carbamates (subject to hydrolysis) is 1. The Morgan fingerprint density at radius 2 is 1.68 bits per heavy atom. The van der Waals surface area contributed by atoms with Crippen LogP contribution in [0.2, 0.25) is 0 Å². The average Bonchev–Trinajstić information content (AvgIpc) is 3.40. The van der Waals surface area contributed by atoms with Crippen molar-refractivity contribution in [3.05, 3.63) is 101 Å².